The topological polar surface area (TPSA) is 115 Å². The highest BCUT2D eigenvalue weighted by Crippen LogP contribution is 2.36. The van der Waals surface area contributed by atoms with E-state index in [-0.39, 0.29) is 12.0 Å². The second kappa shape index (κ2) is 11.9. The quantitative estimate of drug-likeness (QED) is 0.387. The molecule has 1 aliphatic rings. The van der Waals surface area contributed by atoms with E-state index in [2.05, 4.69) is 25.8 Å². The molecule has 1 aromatic heterocycles. The summed E-state index contributed by atoms with van der Waals surface area (Å²) in [6, 6.07) is 3.42. The third-order valence-corrected chi connectivity index (χ3v) is 5.27. The van der Waals surface area contributed by atoms with Crippen LogP contribution in [0.3, 0.4) is 0 Å². The lowest BCUT2D eigenvalue weighted by atomic mass is 10.0. The highest BCUT2D eigenvalue weighted by molar-refractivity contribution is 5.84. The Labute approximate surface area is 182 Å². The van der Waals surface area contributed by atoms with Crippen LogP contribution >= 0.6 is 0 Å². The van der Waals surface area contributed by atoms with E-state index in [1.54, 1.807) is 26.1 Å². The zero-order chi connectivity index (χ0) is 22.8. The van der Waals surface area contributed by atoms with Crippen molar-refractivity contribution >= 4 is 18.1 Å². The van der Waals surface area contributed by atoms with Gasteiger partial charge in [-0.1, -0.05) is 13.0 Å². The van der Waals surface area contributed by atoms with Gasteiger partial charge in [-0.3, -0.25) is 5.10 Å². The molecule has 31 heavy (non-hydrogen) atoms. The SMILES string of the molecule is C\C=C(C#N)/N=C\C(Nc1cc(C2CCC(OC(=O)NC(C)CF)C2)[nH]n1)=C(\C)CC. The second-order valence-electron chi connectivity index (χ2n) is 7.66. The molecule has 1 amide bonds. The predicted molar refractivity (Wildman–Crippen MR) is 118 cm³/mol. The van der Waals surface area contributed by atoms with Gasteiger partial charge in [0, 0.05) is 17.7 Å². The zero-order valence-electron chi connectivity index (χ0n) is 18.5. The fraction of sp³-hybridized carbons (Fsp3) is 0.545. The molecule has 0 radical (unpaired) electrons. The number of aromatic nitrogens is 2. The number of H-pyrrole nitrogens is 1. The van der Waals surface area contributed by atoms with Crippen molar-refractivity contribution in [2.24, 2.45) is 4.99 Å². The summed E-state index contributed by atoms with van der Waals surface area (Å²) >= 11 is 0. The van der Waals surface area contributed by atoms with Gasteiger partial charge in [0.2, 0.25) is 0 Å². The van der Waals surface area contributed by atoms with Gasteiger partial charge in [-0.05, 0) is 52.0 Å². The number of hydrogen-bond donors (Lipinski definition) is 3. The molecular weight excluding hydrogens is 399 g/mol. The molecule has 3 unspecified atom stereocenters. The van der Waals surface area contributed by atoms with Crippen molar-refractivity contribution in [1.82, 2.24) is 15.5 Å². The summed E-state index contributed by atoms with van der Waals surface area (Å²) < 4.78 is 17.9. The predicted octanol–water partition coefficient (Wildman–Crippen LogP) is 4.72. The van der Waals surface area contributed by atoms with E-state index < -0.39 is 18.8 Å². The Kier molecular flexibility index (Phi) is 9.25. The summed E-state index contributed by atoms with van der Waals surface area (Å²) in [4.78, 5) is 16.0. The Morgan fingerprint density at radius 1 is 1.55 bits per heavy atom. The molecule has 0 aromatic carbocycles. The molecular formula is C22H31FN6O2. The molecule has 0 spiro atoms. The molecule has 8 nitrogen and oxygen atoms in total. The van der Waals surface area contributed by atoms with Gasteiger partial charge in [-0.25, -0.2) is 14.2 Å². The monoisotopic (exact) mass is 430 g/mol. The molecule has 3 atom stereocenters. The van der Waals surface area contributed by atoms with Crippen molar-refractivity contribution < 1.29 is 13.9 Å². The van der Waals surface area contributed by atoms with Crippen LogP contribution in [0.4, 0.5) is 15.0 Å². The number of hydrogen-bond acceptors (Lipinski definition) is 6. The average Bonchev–Trinajstić information content (AvgIpc) is 3.42. The summed E-state index contributed by atoms with van der Waals surface area (Å²) in [5.74, 6) is 0.850. The first-order valence-corrected chi connectivity index (χ1v) is 10.6. The number of carbonyl (C=O) groups is 1. The standard InChI is InChI=1S/C22H31FN6O2/c1-5-14(3)20(13-25-17(6-2)12-24)27-21-10-19(28-29-21)16-7-8-18(9-16)31-22(30)26-15(4)11-23/h6,10,13,15-16,18H,5,7-9,11H2,1-4H3,(H,26,30)(H2,27,28,29)/b17-6-,20-14+,25-13-. The van der Waals surface area contributed by atoms with E-state index in [1.807, 2.05) is 26.0 Å². The number of rotatable bonds is 9. The van der Waals surface area contributed by atoms with Crippen LogP contribution in [0.1, 0.15) is 65.0 Å². The van der Waals surface area contributed by atoms with Gasteiger partial charge in [0.1, 0.15) is 24.5 Å². The number of nitrogens with one attached hydrogen (secondary N) is 3. The fourth-order valence-electron chi connectivity index (χ4n) is 3.24. The van der Waals surface area contributed by atoms with Crippen LogP contribution < -0.4 is 10.6 Å². The molecule has 9 heteroatoms. The van der Waals surface area contributed by atoms with Gasteiger partial charge in [0.05, 0.1) is 18.0 Å². The molecule has 1 heterocycles. The maximum absolute atomic E-state index is 12.5. The van der Waals surface area contributed by atoms with E-state index in [4.69, 9.17) is 10.00 Å². The maximum atomic E-state index is 12.5. The van der Waals surface area contributed by atoms with Crippen LogP contribution in [0, 0.1) is 11.3 Å². The minimum absolute atomic E-state index is 0.195. The van der Waals surface area contributed by atoms with Gasteiger partial charge in [-0.15, -0.1) is 0 Å². The lowest BCUT2D eigenvalue weighted by molar-refractivity contribution is 0.0964. The van der Waals surface area contributed by atoms with E-state index in [1.165, 1.54) is 0 Å². The summed E-state index contributed by atoms with van der Waals surface area (Å²) in [5, 5.41) is 22.2. The third-order valence-electron chi connectivity index (χ3n) is 5.27. The number of anilines is 1. The summed E-state index contributed by atoms with van der Waals surface area (Å²) in [5.41, 5.74) is 3.18. The van der Waals surface area contributed by atoms with Gasteiger partial charge in [0.15, 0.2) is 5.82 Å². The average molecular weight is 431 g/mol. The number of alkyl carbamates (subject to hydrolysis) is 1. The first-order valence-electron chi connectivity index (χ1n) is 10.6. The van der Waals surface area contributed by atoms with E-state index in [0.717, 1.165) is 36.2 Å². The number of aliphatic imine (C=N–C) groups is 1. The largest absolute Gasteiger partial charge is 0.446 e. The molecule has 1 aliphatic carbocycles. The minimum Gasteiger partial charge on any atom is -0.446 e. The maximum Gasteiger partial charge on any atom is 0.407 e. The van der Waals surface area contributed by atoms with Gasteiger partial charge >= 0.3 is 6.09 Å². The number of nitrogens with zero attached hydrogens (tertiary/aromatic N) is 3. The van der Waals surface area contributed by atoms with Gasteiger partial charge < -0.3 is 15.4 Å². The van der Waals surface area contributed by atoms with Crippen molar-refractivity contribution in [1.29, 1.82) is 5.26 Å². The lowest BCUT2D eigenvalue weighted by Crippen LogP contribution is -2.36. The number of nitriles is 1. The van der Waals surface area contributed by atoms with Crippen LogP contribution in [-0.4, -0.2) is 41.3 Å². The van der Waals surface area contributed by atoms with Crippen LogP contribution in [0.5, 0.6) is 0 Å². The van der Waals surface area contributed by atoms with Crippen molar-refractivity contribution in [3.05, 3.63) is 34.8 Å². The molecule has 1 fully saturated rings. The Hall–Kier alpha value is -3.15. The second-order valence-corrected chi connectivity index (χ2v) is 7.66. The molecule has 1 saturated carbocycles. The summed E-state index contributed by atoms with van der Waals surface area (Å²) in [7, 11) is 0. The third kappa shape index (κ3) is 7.24. The van der Waals surface area contributed by atoms with Crippen molar-refractivity contribution in [3.8, 4) is 6.07 Å². The molecule has 0 bridgehead atoms. The van der Waals surface area contributed by atoms with Crippen molar-refractivity contribution in [2.45, 2.75) is 71.4 Å². The summed E-state index contributed by atoms with van der Waals surface area (Å²) in [6.07, 6.45) is 5.64. The molecule has 2 rings (SSSR count). The van der Waals surface area contributed by atoms with Crippen molar-refractivity contribution in [3.63, 3.8) is 0 Å². The number of carbonyl (C=O) groups excluding carboxylic acids is 1. The molecule has 3 N–H and O–H groups in total. The van der Waals surface area contributed by atoms with Crippen LogP contribution in [0.2, 0.25) is 0 Å². The van der Waals surface area contributed by atoms with Gasteiger partial charge in [-0.2, -0.15) is 10.4 Å². The van der Waals surface area contributed by atoms with Crippen molar-refractivity contribution in [2.75, 3.05) is 12.0 Å². The number of aromatic amines is 1. The Morgan fingerprint density at radius 2 is 2.32 bits per heavy atom. The van der Waals surface area contributed by atoms with E-state index in [0.29, 0.717) is 17.9 Å². The van der Waals surface area contributed by atoms with Crippen LogP contribution in [-0.2, 0) is 4.74 Å². The number of ether oxygens (including phenoxy) is 1. The number of halogens is 1. The zero-order valence-corrected chi connectivity index (χ0v) is 18.5. The van der Waals surface area contributed by atoms with Crippen LogP contribution in [0.15, 0.2) is 34.1 Å². The Balaban J connectivity index is 1.99. The Morgan fingerprint density at radius 3 is 2.97 bits per heavy atom. The number of amides is 1. The summed E-state index contributed by atoms with van der Waals surface area (Å²) in [6.45, 7) is 6.77. The normalized spacial score (nSPS) is 20.8. The highest BCUT2D eigenvalue weighted by atomic mass is 19.1. The minimum atomic E-state index is -0.627. The van der Waals surface area contributed by atoms with E-state index >= 15 is 0 Å². The lowest BCUT2D eigenvalue weighted by Gasteiger charge is -2.15. The molecule has 1 aromatic rings. The first-order chi connectivity index (χ1) is 14.9. The van der Waals surface area contributed by atoms with Crippen LogP contribution in [0.25, 0.3) is 0 Å². The fourth-order valence-corrected chi connectivity index (χ4v) is 3.24. The smallest absolute Gasteiger partial charge is 0.407 e. The van der Waals surface area contributed by atoms with Gasteiger partial charge in [0.25, 0.3) is 0 Å². The first kappa shape index (κ1) is 24.1. The molecule has 0 aliphatic heterocycles. The molecule has 168 valence electrons. The number of allylic oxidation sites excluding steroid dienone is 4. The highest BCUT2D eigenvalue weighted by Gasteiger charge is 2.30. The Bertz CT molecular complexity index is 883. The van der Waals surface area contributed by atoms with E-state index in [9.17, 15) is 9.18 Å². The molecule has 0 saturated heterocycles. The number of alkyl halides is 1.